The second kappa shape index (κ2) is 10.4. The second-order valence-electron chi connectivity index (χ2n) is 7.59. The molecule has 3 rings (SSSR count). The standard InChI is InChI=1S/C24H28N2O8/c1-4-7-12-33-22(29)19-20(25)26-15-11-9-8-10-14(15)24(19)18(21(28)32-6-3)16(34-23(24)30)13-17(27)31-5-2/h8-11,26H,4-7,12-13,25H2,1-3H3/t24-/m0/s1. The van der Waals surface area contributed by atoms with Crippen LogP contribution in [0.15, 0.2) is 47.0 Å². The number of esters is 4. The SMILES string of the molecule is CCCCOC(=O)C1=C(N)Nc2ccccc2[C@@]12C(=O)OC(CC(=O)OCC)=C2C(=O)OCC. The largest absolute Gasteiger partial charge is 0.466 e. The van der Waals surface area contributed by atoms with Crippen molar-refractivity contribution in [3.05, 3.63) is 52.6 Å². The summed E-state index contributed by atoms with van der Waals surface area (Å²) in [6, 6.07) is 6.55. The fourth-order valence-electron chi connectivity index (χ4n) is 4.07. The normalized spacial score (nSPS) is 18.9. The van der Waals surface area contributed by atoms with Crippen LogP contribution in [0.25, 0.3) is 0 Å². The third kappa shape index (κ3) is 4.23. The van der Waals surface area contributed by atoms with E-state index in [9.17, 15) is 19.2 Å². The molecule has 0 saturated carbocycles. The van der Waals surface area contributed by atoms with E-state index in [1.165, 1.54) is 0 Å². The van der Waals surface area contributed by atoms with E-state index in [0.29, 0.717) is 12.1 Å². The zero-order valence-electron chi connectivity index (χ0n) is 19.4. The van der Waals surface area contributed by atoms with Crippen LogP contribution in [0, 0.1) is 0 Å². The molecule has 0 bridgehead atoms. The number of hydrogen-bond donors (Lipinski definition) is 2. The van der Waals surface area contributed by atoms with Crippen LogP contribution >= 0.6 is 0 Å². The smallest absolute Gasteiger partial charge is 0.339 e. The van der Waals surface area contributed by atoms with Gasteiger partial charge in [0.1, 0.15) is 29.1 Å². The zero-order valence-corrected chi connectivity index (χ0v) is 19.4. The van der Waals surface area contributed by atoms with Gasteiger partial charge in [-0.2, -0.15) is 0 Å². The van der Waals surface area contributed by atoms with Crippen LogP contribution in [0.2, 0.25) is 0 Å². The van der Waals surface area contributed by atoms with E-state index in [4.69, 9.17) is 24.7 Å². The summed E-state index contributed by atoms with van der Waals surface area (Å²) in [5.74, 6) is -3.91. The molecule has 34 heavy (non-hydrogen) atoms. The fourth-order valence-corrected chi connectivity index (χ4v) is 4.07. The fraction of sp³-hybridized carbons (Fsp3) is 0.417. The van der Waals surface area contributed by atoms with Crippen LogP contribution < -0.4 is 11.1 Å². The maximum atomic E-state index is 13.6. The summed E-state index contributed by atoms with van der Waals surface area (Å²) in [6.45, 7) is 5.31. The number of carbonyl (C=O) groups excluding carboxylic acids is 4. The molecular weight excluding hydrogens is 444 g/mol. The molecule has 2 aliphatic heterocycles. The average Bonchev–Trinajstić information content (AvgIpc) is 3.06. The third-order valence-corrected chi connectivity index (χ3v) is 5.45. The average molecular weight is 472 g/mol. The highest BCUT2D eigenvalue weighted by atomic mass is 16.6. The van der Waals surface area contributed by atoms with Crippen LogP contribution in [0.1, 0.15) is 45.6 Å². The van der Waals surface area contributed by atoms with Crippen molar-refractivity contribution in [3.63, 3.8) is 0 Å². The van der Waals surface area contributed by atoms with Crippen molar-refractivity contribution in [2.75, 3.05) is 25.1 Å². The molecule has 0 radical (unpaired) electrons. The van der Waals surface area contributed by atoms with Crippen molar-refractivity contribution in [1.29, 1.82) is 0 Å². The van der Waals surface area contributed by atoms with Gasteiger partial charge in [0.05, 0.1) is 19.8 Å². The molecule has 1 atom stereocenters. The first-order chi connectivity index (χ1) is 16.3. The van der Waals surface area contributed by atoms with Crippen LogP contribution in [0.4, 0.5) is 5.69 Å². The number of carbonyl (C=O) groups is 4. The highest BCUT2D eigenvalue weighted by Crippen LogP contribution is 2.53. The second-order valence-corrected chi connectivity index (χ2v) is 7.59. The molecule has 2 heterocycles. The number of nitrogens with two attached hydrogens (primary N) is 1. The summed E-state index contributed by atoms with van der Waals surface area (Å²) >= 11 is 0. The molecule has 3 N–H and O–H groups in total. The van der Waals surface area contributed by atoms with E-state index >= 15 is 0 Å². The molecule has 1 spiro atoms. The predicted octanol–water partition coefficient (Wildman–Crippen LogP) is 2.19. The zero-order chi connectivity index (χ0) is 24.9. The number of nitrogens with one attached hydrogen (secondary N) is 1. The molecule has 10 heteroatoms. The summed E-state index contributed by atoms with van der Waals surface area (Å²) in [7, 11) is 0. The summed E-state index contributed by atoms with van der Waals surface area (Å²) in [5.41, 5.74) is 4.20. The molecule has 182 valence electrons. The number of benzene rings is 1. The van der Waals surface area contributed by atoms with Gasteiger partial charge in [-0.15, -0.1) is 0 Å². The van der Waals surface area contributed by atoms with E-state index in [2.05, 4.69) is 5.32 Å². The lowest BCUT2D eigenvalue weighted by Crippen LogP contribution is -2.47. The molecular formula is C24H28N2O8. The van der Waals surface area contributed by atoms with Gasteiger partial charge in [-0.25, -0.2) is 14.4 Å². The van der Waals surface area contributed by atoms with E-state index in [0.717, 1.165) is 6.42 Å². The van der Waals surface area contributed by atoms with Gasteiger partial charge >= 0.3 is 23.9 Å². The monoisotopic (exact) mass is 472 g/mol. The van der Waals surface area contributed by atoms with E-state index < -0.39 is 35.7 Å². The first-order valence-corrected chi connectivity index (χ1v) is 11.1. The Morgan fingerprint density at radius 2 is 1.68 bits per heavy atom. The summed E-state index contributed by atoms with van der Waals surface area (Å²) < 4.78 is 21.1. The Balaban J connectivity index is 2.29. The number of para-hydroxylation sites is 1. The molecule has 0 amide bonds. The Morgan fingerprint density at radius 3 is 2.35 bits per heavy atom. The van der Waals surface area contributed by atoms with Crippen molar-refractivity contribution < 1.29 is 38.1 Å². The minimum atomic E-state index is -2.08. The number of fused-ring (bicyclic) bond motifs is 2. The quantitative estimate of drug-likeness (QED) is 0.312. The van der Waals surface area contributed by atoms with Crippen molar-refractivity contribution in [1.82, 2.24) is 0 Å². The topological polar surface area (TPSA) is 143 Å². The van der Waals surface area contributed by atoms with Gasteiger partial charge < -0.3 is 30.0 Å². The Morgan fingerprint density at radius 1 is 1.00 bits per heavy atom. The number of hydrogen-bond acceptors (Lipinski definition) is 10. The first-order valence-electron chi connectivity index (χ1n) is 11.1. The number of anilines is 1. The Labute approximate surface area is 197 Å². The maximum absolute atomic E-state index is 13.6. The molecule has 10 nitrogen and oxygen atoms in total. The minimum absolute atomic E-state index is 0.0192. The van der Waals surface area contributed by atoms with Gasteiger partial charge in [0, 0.05) is 11.3 Å². The predicted molar refractivity (Wildman–Crippen MR) is 120 cm³/mol. The van der Waals surface area contributed by atoms with Gasteiger partial charge in [0.25, 0.3) is 0 Å². The van der Waals surface area contributed by atoms with Crippen LogP contribution in [0.3, 0.4) is 0 Å². The molecule has 0 aromatic heterocycles. The van der Waals surface area contributed by atoms with Crippen LogP contribution in [-0.2, 0) is 43.5 Å². The van der Waals surface area contributed by atoms with Crippen LogP contribution in [-0.4, -0.2) is 43.7 Å². The van der Waals surface area contributed by atoms with Gasteiger partial charge in [-0.05, 0) is 26.3 Å². The highest BCUT2D eigenvalue weighted by molar-refractivity contribution is 6.16. The Kier molecular flexibility index (Phi) is 7.60. The van der Waals surface area contributed by atoms with E-state index in [1.54, 1.807) is 38.1 Å². The third-order valence-electron chi connectivity index (χ3n) is 5.45. The van der Waals surface area contributed by atoms with E-state index in [-0.39, 0.29) is 48.1 Å². The van der Waals surface area contributed by atoms with Gasteiger partial charge in [-0.1, -0.05) is 31.5 Å². The van der Waals surface area contributed by atoms with Crippen LogP contribution in [0.5, 0.6) is 0 Å². The molecule has 0 aliphatic carbocycles. The van der Waals surface area contributed by atoms with Crippen molar-refractivity contribution >= 4 is 29.6 Å². The number of cyclic esters (lactones) is 1. The van der Waals surface area contributed by atoms with Gasteiger partial charge in [0.15, 0.2) is 5.41 Å². The summed E-state index contributed by atoms with van der Waals surface area (Å²) in [6.07, 6.45) is 0.853. The molecule has 0 unspecified atom stereocenters. The van der Waals surface area contributed by atoms with E-state index in [1.807, 2.05) is 6.92 Å². The maximum Gasteiger partial charge on any atom is 0.339 e. The van der Waals surface area contributed by atoms with Crippen molar-refractivity contribution in [3.8, 4) is 0 Å². The summed E-state index contributed by atoms with van der Waals surface area (Å²) in [4.78, 5) is 52.4. The lowest BCUT2D eigenvalue weighted by Gasteiger charge is -2.35. The number of rotatable bonds is 9. The Hall–Kier alpha value is -3.82. The van der Waals surface area contributed by atoms with Gasteiger partial charge in [-0.3, -0.25) is 4.79 Å². The van der Waals surface area contributed by atoms with Crippen molar-refractivity contribution in [2.24, 2.45) is 5.73 Å². The molecule has 1 aromatic carbocycles. The number of unbranched alkanes of at least 4 members (excludes halogenated alkanes) is 1. The van der Waals surface area contributed by atoms with Crippen molar-refractivity contribution in [2.45, 2.75) is 45.4 Å². The molecule has 0 saturated heterocycles. The summed E-state index contributed by atoms with van der Waals surface area (Å²) in [5, 5.41) is 2.90. The Bertz CT molecular complexity index is 1070. The lowest BCUT2D eigenvalue weighted by molar-refractivity contribution is -0.148. The molecule has 2 aliphatic rings. The minimum Gasteiger partial charge on any atom is -0.466 e. The van der Waals surface area contributed by atoms with Gasteiger partial charge in [0.2, 0.25) is 0 Å². The molecule has 1 aromatic rings. The lowest BCUT2D eigenvalue weighted by atomic mass is 9.66. The highest BCUT2D eigenvalue weighted by Gasteiger charge is 2.63. The molecule has 0 fully saturated rings. The number of ether oxygens (including phenoxy) is 4. The first kappa shape index (κ1) is 24.8.